The van der Waals surface area contributed by atoms with Gasteiger partial charge < -0.3 is 25.7 Å². The van der Waals surface area contributed by atoms with E-state index in [2.05, 4.69) is 30.7 Å². The second-order valence-electron chi connectivity index (χ2n) is 6.21. The van der Waals surface area contributed by atoms with Crippen LogP contribution in [-0.2, 0) is 0 Å². The summed E-state index contributed by atoms with van der Waals surface area (Å²) in [6, 6.07) is 8.59. The van der Waals surface area contributed by atoms with Crippen molar-refractivity contribution in [2.24, 2.45) is 0 Å². The molecule has 1 aromatic heterocycles. The molecule has 0 aliphatic rings. The van der Waals surface area contributed by atoms with Crippen LogP contribution in [0.25, 0.3) is 0 Å². The normalized spacial score (nSPS) is 10.5. The molecular weight excluding hydrogens is 431 g/mol. The minimum Gasteiger partial charge on any atom is -0.435 e. The van der Waals surface area contributed by atoms with Crippen LogP contribution in [-0.4, -0.2) is 41.3 Å². The zero-order valence-corrected chi connectivity index (χ0v) is 16.4. The molecule has 4 N–H and O–H groups in total. The number of ether oxygens (including phenoxy) is 1. The van der Waals surface area contributed by atoms with Gasteiger partial charge in [0.2, 0.25) is 0 Å². The molecule has 0 aliphatic carbocycles. The standard InChI is InChI=1S/C20H16F3N5O4/c1-24-18(30)15-16(26-9-25-15)19(31)28-11-4-2-10(3-5-11)27-17(29)13-7-6-12(8-14(13)21)32-20(22)23/h2-9,20H,1H3,(H,24,30)(H,25,26)(H,27,29)(H,28,31). The number of aromatic nitrogens is 2. The van der Waals surface area contributed by atoms with Gasteiger partial charge in [-0.1, -0.05) is 0 Å². The lowest BCUT2D eigenvalue weighted by Gasteiger charge is -2.10. The van der Waals surface area contributed by atoms with E-state index in [1.807, 2.05) is 0 Å². The van der Waals surface area contributed by atoms with Crippen LogP contribution in [0.4, 0.5) is 24.5 Å². The lowest BCUT2D eigenvalue weighted by molar-refractivity contribution is -0.0500. The number of anilines is 2. The minimum absolute atomic E-state index is 0.0310. The third-order valence-electron chi connectivity index (χ3n) is 4.12. The van der Waals surface area contributed by atoms with Crippen molar-refractivity contribution in [2.45, 2.75) is 6.61 Å². The van der Waals surface area contributed by atoms with Gasteiger partial charge in [-0.25, -0.2) is 9.37 Å². The van der Waals surface area contributed by atoms with Crippen molar-refractivity contribution in [1.82, 2.24) is 15.3 Å². The molecule has 0 atom stereocenters. The molecule has 3 aromatic rings. The molecule has 0 aliphatic heterocycles. The quantitative estimate of drug-likeness (QED) is 0.443. The van der Waals surface area contributed by atoms with E-state index >= 15 is 0 Å². The highest BCUT2D eigenvalue weighted by Gasteiger charge is 2.19. The van der Waals surface area contributed by atoms with Crippen molar-refractivity contribution in [1.29, 1.82) is 0 Å². The van der Waals surface area contributed by atoms with Crippen LogP contribution in [0.3, 0.4) is 0 Å². The predicted octanol–water partition coefficient (Wildman–Crippen LogP) is 3.01. The zero-order valence-electron chi connectivity index (χ0n) is 16.4. The molecule has 0 fully saturated rings. The molecule has 0 saturated carbocycles. The Morgan fingerprint density at radius 3 is 2.16 bits per heavy atom. The predicted molar refractivity (Wildman–Crippen MR) is 107 cm³/mol. The number of benzene rings is 2. The molecular formula is C20H16F3N5O4. The number of hydrogen-bond acceptors (Lipinski definition) is 5. The molecule has 0 unspecified atom stereocenters. The van der Waals surface area contributed by atoms with E-state index in [1.165, 1.54) is 37.6 Å². The van der Waals surface area contributed by atoms with Crippen molar-refractivity contribution in [3.63, 3.8) is 0 Å². The number of alkyl halides is 2. The fourth-order valence-corrected chi connectivity index (χ4v) is 2.64. The molecule has 0 bridgehead atoms. The maximum atomic E-state index is 14.0. The third kappa shape index (κ3) is 5.22. The molecule has 0 saturated heterocycles. The van der Waals surface area contributed by atoms with E-state index in [0.717, 1.165) is 12.1 Å². The van der Waals surface area contributed by atoms with Crippen molar-refractivity contribution in [3.05, 3.63) is 71.6 Å². The fraction of sp³-hybridized carbons (Fsp3) is 0.100. The molecule has 32 heavy (non-hydrogen) atoms. The van der Waals surface area contributed by atoms with Crippen LogP contribution < -0.4 is 20.7 Å². The summed E-state index contributed by atoms with van der Waals surface area (Å²) in [7, 11) is 1.41. The van der Waals surface area contributed by atoms with E-state index in [1.54, 1.807) is 0 Å². The Bertz CT molecular complexity index is 1150. The molecule has 166 valence electrons. The molecule has 2 aromatic carbocycles. The van der Waals surface area contributed by atoms with Crippen LogP contribution in [0.2, 0.25) is 0 Å². The summed E-state index contributed by atoms with van der Waals surface area (Å²) in [5.41, 5.74) is 0.167. The van der Waals surface area contributed by atoms with Gasteiger partial charge in [-0.3, -0.25) is 14.4 Å². The van der Waals surface area contributed by atoms with Gasteiger partial charge in [0, 0.05) is 24.5 Å². The molecule has 3 rings (SSSR count). The summed E-state index contributed by atoms with van der Waals surface area (Å²) < 4.78 is 42.5. The van der Waals surface area contributed by atoms with E-state index < -0.39 is 35.9 Å². The Hall–Kier alpha value is -4.35. The summed E-state index contributed by atoms with van der Waals surface area (Å²) in [5.74, 6) is -3.39. The van der Waals surface area contributed by atoms with Gasteiger partial charge in [0.15, 0.2) is 5.69 Å². The number of amides is 3. The van der Waals surface area contributed by atoms with Gasteiger partial charge in [0.1, 0.15) is 17.3 Å². The number of hydrogen-bond donors (Lipinski definition) is 4. The number of imidazole rings is 1. The van der Waals surface area contributed by atoms with Gasteiger partial charge in [0.25, 0.3) is 17.7 Å². The van der Waals surface area contributed by atoms with Gasteiger partial charge in [-0.05, 0) is 36.4 Å². The second kappa shape index (κ2) is 9.64. The largest absolute Gasteiger partial charge is 0.435 e. The maximum absolute atomic E-state index is 14.0. The van der Waals surface area contributed by atoms with Crippen LogP contribution >= 0.6 is 0 Å². The average Bonchev–Trinajstić information content (AvgIpc) is 3.24. The Kier molecular flexibility index (Phi) is 6.73. The second-order valence-corrected chi connectivity index (χ2v) is 6.21. The van der Waals surface area contributed by atoms with E-state index in [0.29, 0.717) is 11.8 Å². The smallest absolute Gasteiger partial charge is 0.387 e. The molecule has 9 nitrogen and oxygen atoms in total. The highest BCUT2D eigenvalue weighted by Crippen LogP contribution is 2.21. The minimum atomic E-state index is -3.11. The highest BCUT2D eigenvalue weighted by atomic mass is 19.3. The summed E-state index contributed by atoms with van der Waals surface area (Å²) in [5, 5.41) is 7.39. The topological polar surface area (TPSA) is 125 Å². The van der Waals surface area contributed by atoms with Crippen molar-refractivity contribution in [3.8, 4) is 5.75 Å². The van der Waals surface area contributed by atoms with Crippen molar-refractivity contribution < 1.29 is 32.3 Å². The highest BCUT2D eigenvalue weighted by molar-refractivity contribution is 6.10. The average molecular weight is 447 g/mol. The number of carbonyl (C=O) groups is 3. The first-order chi connectivity index (χ1) is 15.3. The number of carbonyl (C=O) groups excluding carboxylic acids is 3. The Labute approximate surface area is 179 Å². The van der Waals surface area contributed by atoms with Gasteiger partial charge >= 0.3 is 6.61 Å². The summed E-state index contributed by atoms with van der Waals surface area (Å²) in [6.45, 7) is -3.11. The molecule has 3 amide bonds. The summed E-state index contributed by atoms with van der Waals surface area (Å²) in [4.78, 5) is 42.7. The monoisotopic (exact) mass is 447 g/mol. The number of aromatic amines is 1. The number of rotatable bonds is 7. The van der Waals surface area contributed by atoms with Crippen LogP contribution in [0.15, 0.2) is 48.8 Å². The molecule has 0 radical (unpaired) electrons. The first-order valence-corrected chi connectivity index (χ1v) is 9.01. The number of H-pyrrole nitrogens is 1. The lowest BCUT2D eigenvalue weighted by Crippen LogP contribution is -2.23. The SMILES string of the molecule is CNC(=O)c1nc[nH]c1C(=O)Nc1ccc(NC(=O)c2ccc(OC(F)F)cc2F)cc1. The number of nitrogens with one attached hydrogen (secondary N) is 4. The third-order valence-corrected chi connectivity index (χ3v) is 4.12. The lowest BCUT2D eigenvalue weighted by atomic mass is 10.2. The fourth-order valence-electron chi connectivity index (χ4n) is 2.64. The van der Waals surface area contributed by atoms with E-state index in [-0.39, 0.29) is 22.6 Å². The Morgan fingerprint density at radius 2 is 1.59 bits per heavy atom. The van der Waals surface area contributed by atoms with E-state index in [4.69, 9.17) is 0 Å². The van der Waals surface area contributed by atoms with Crippen molar-refractivity contribution >= 4 is 29.1 Å². The van der Waals surface area contributed by atoms with Crippen LogP contribution in [0.5, 0.6) is 5.75 Å². The van der Waals surface area contributed by atoms with E-state index in [9.17, 15) is 27.6 Å². The summed E-state index contributed by atoms with van der Waals surface area (Å²) >= 11 is 0. The number of halogens is 3. The van der Waals surface area contributed by atoms with Crippen molar-refractivity contribution in [2.75, 3.05) is 17.7 Å². The maximum Gasteiger partial charge on any atom is 0.387 e. The van der Waals surface area contributed by atoms with Gasteiger partial charge in [0.05, 0.1) is 11.9 Å². The Balaban J connectivity index is 1.65. The first-order valence-electron chi connectivity index (χ1n) is 9.01. The Morgan fingerprint density at radius 1 is 0.969 bits per heavy atom. The van der Waals surface area contributed by atoms with Gasteiger partial charge in [-0.2, -0.15) is 8.78 Å². The van der Waals surface area contributed by atoms with Crippen LogP contribution in [0, 0.1) is 5.82 Å². The summed E-state index contributed by atoms with van der Waals surface area (Å²) in [6.07, 6.45) is 1.21. The van der Waals surface area contributed by atoms with Gasteiger partial charge in [-0.15, -0.1) is 0 Å². The molecule has 0 spiro atoms. The first kappa shape index (κ1) is 22.3. The van der Waals surface area contributed by atoms with Crippen LogP contribution in [0.1, 0.15) is 31.3 Å². The zero-order chi connectivity index (χ0) is 23.3. The molecule has 1 heterocycles. The number of nitrogens with zero attached hydrogens (tertiary/aromatic N) is 1. The molecule has 12 heteroatoms.